The predicted molar refractivity (Wildman–Crippen MR) is 86.0 cm³/mol. The Morgan fingerprint density at radius 3 is 3.09 bits per heavy atom. The van der Waals surface area contributed by atoms with E-state index in [1.54, 1.807) is 0 Å². The van der Waals surface area contributed by atoms with E-state index in [0.29, 0.717) is 6.04 Å². The van der Waals surface area contributed by atoms with Gasteiger partial charge in [-0.05, 0) is 25.5 Å². The first-order valence-corrected chi connectivity index (χ1v) is 7.83. The van der Waals surface area contributed by atoms with Gasteiger partial charge in [-0.15, -0.1) is 10.2 Å². The molecule has 120 valence electrons. The Labute approximate surface area is 134 Å². The summed E-state index contributed by atoms with van der Waals surface area (Å²) in [6.07, 6.45) is 4.88. The monoisotopic (exact) mass is 312 g/mol. The van der Waals surface area contributed by atoms with Crippen LogP contribution in [0.15, 0.2) is 24.5 Å². The molecule has 1 aliphatic rings. The maximum Gasteiger partial charge on any atom is 0.153 e. The van der Waals surface area contributed by atoms with Crippen LogP contribution in [0.25, 0.3) is 5.65 Å². The molecule has 0 radical (unpaired) electrons. The molecule has 0 spiro atoms. The topological polar surface area (TPSA) is 76.2 Å². The maximum absolute atomic E-state index is 4.57. The highest BCUT2D eigenvalue weighted by atomic mass is 15.4. The Morgan fingerprint density at radius 1 is 1.35 bits per heavy atom. The lowest BCUT2D eigenvalue weighted by molar-refractivity contribution is 0.318. The lowest BCUT2D eigenvalue weighted by Crippen LogP contribution is -2.27. The van der Waals surface area contributed by atoms with Crippen LogP contribution >= 0.6 is 0 Å². The van der Waals surface area contributed by atoms with Crippen molar-refractivity contribution in [1.82, 2.24) is 34.5 Å². The molecule has 1 atom stereocenters. The summed E-state index contributed by atoms with van der Waals surface area (Å²) in [6.45, 7) is 4.92. The van der Waals surface area contributed by atoms with E-state index in [0.717, 1.165) is 48.9 Å². The molecule has 8 heteroatoms. The summed E-state index contributed by atoms with van der Waals surface area (Å²) in [4.78, 5) is 6.81. The minimum Gasteiger partial charge on any atom is -0.365 e. The van der Waals surface area contributed by atoms with Gasteiger partial charge in [-0.1, -0.05) is 5.21 Å². The molecule has 1 aliphatic heterocycles. The highest BCUT2D eigenvalue weighted by Gasteiger charge is 2.23. The Bertz CT molecular complexity index is 820. The number of aryl methyl sites for hydroxylation is 2. The van der Waals surface area contributed by atoms with Gasteiger partial charge >= 0.3 is 0 Å². The molecule has 3 aromatic heterocycles. The maximum atomic E-state index is 4.57. The number of imidazole rings is 1. The molecule has 0 amide bonds. The lowest BCUT2D eigenvalue weighted by atomic mass is 10.2. The Morgan fingerprint density at radius 2 is 2.26 bits per heavy atom. The third-order valence-corrected chi connectivity index (χ3v) is 4.26. The van der Waals surface area contributed by atoms with Crippen molar-refractivity contribution in [3.05, 3.63) is 35.9 Å². The fraction of sp³-hybridized carbons (Fsp3) is 0.467. The summed E-state index contributed by atoms with van der Waals surface area (Å²) in [5.41, 5.74) is 3.00. The van der Waals surface area contributed by atoms with Crippen molar-refractivity contribution in [3.63, 3.8) is 0 Å². The molecule has 0 aromatic carbocycles. The van der Waals surface area contributed by atoms with Crippen LogP contribution in [0.2, 0.25) is 0 Å². The van der Waals surface area contributed by atoms with Crippen LogP contribution in [0.5, 0.6) is 0 Å². The summed E-state index contributed by atoms with van der Waals surface area (Å²) in [5, 5.41) is 16.0. The van der Waals surface area contributed by atoms with Gasteiger partial charge in [0.2, 0.25) is 0 Å². The number of fused-ring (bicyclic) bond motifs is 1. The highest BCUT2D eigenvalue weighted by molar-refractivity contribution is 5.45. The second kappa shape index (κ2) is 5.62. The minimum atomic E-state index is 0.408. The minimum absolute atomic E-state index is 0.408. The molecule has 0 aliphatic carbocycles. The summed E-state index contributed by atoms with van der Waals surface area (Å²) in [5.74, 6) is 0.893. The van der Waals surface area contributed by atoms with E-state index in [4.69, 9.17) is 0 Å². The molecule has 1 unspecified atom stereocenters. The summed E-state index contributed by atoms with van der Waals surface area (Å²) >= 11 is 0. The quantitative estimate of drug-likeness (QED) is 0.770. The summed E-state index contributed by atoms with van der Waals surface area (Å²) < 4.78 is 3.66. The van der Waals surface area contributed by atoms with Crippen LogP contribution in [-0.4, -0.2) is 53.6 Å². The number of likely N-dealkylation sites (tertiary alicyclic amines) is 1. The fourth-order valence-corrected chi connectivity index (χ4v) is 3.06. The normalized spacial score (nSPS) is 18.8. The van der Waals surface area contributed by atoms with E-state index in [1.807, 2.05) is 47.7 Å². The van der Waals surface area contributed by atoms with Crippen molar-refractivity contribution in [2.75, 3.05) is 18.4 Å². The molecule has 0 saturated carbocycles. The molecule has 4 heterocycles. The number of rotatable bonds is 4. The third-order valence-electron chi connectivity index (χ3n) is 4.26. The van der Waals surface area contributed by atoms with Gasteiger partial charge in [-0.3, -0.25) is 9.58 Å². The largest absolute Gasteiger partial charge is 0.365 e. The second-order valence-corrected chi connectivity index (χ2v) is 6.12. The number of hydrogen-bond donors (Lipinski definition) is 1. The van der Waals surface area contributed by atoms with Gasteiger partial charge < -0.3 is 5.32 Å². The van der Waals surface area contributed by atoms with Gasteiger partial charge in [0.15, 0.2) is 5.65 Å². The highest BCUT2D eigenvalue weighted by Crippen LogP contribution is 2.17. The van der Waals surface area contributed by atoms with E-state index in [9.17, 15) is 0 Å². The van der Waals surface area contributed by atoms with E-state index in [1.165, 1.54) is 0 Å². The third kappa shape index (κ3) is 2.89. The SMILES string of the molecule is Cc1cn2nc(NC3CCN(Cc4cnnn4C)C3)ccc2n1. The van der Waals surface area contributed by atoms with Gasteiger partial charge in [0.1, 0.15) is 5.82 Å². The fourth-order valence-electron chi connectivity index (χ4n) is 3.06. The Hall–Kier alpha value is -2.48. The number of nitrogens with one attached hydrogen (secondary N) is 1. The Kier molecular flexibility index (Phi) is 3.45. The zero-order valence-electron chi connectivity index (χ0n) is 13.3. The van der Waals surface area contributed by atoms with E-state index >= 15 is 0 Å². The predicted octanol–water partition coefficient (Wildman–Crippen LogP) is 0.853. The molecule has 23 heavy (non-hydrogen) atoms. The number of nitrogens with zero attached hydrogens (tertiary/aromatic N) is 7. The van der Waals surface area contributed by atoms with Gasteiger partial charge in [0.25, 0.3) is 0 Å². The lowest BCUT2D eigenvalue weighted by Gasteiger charge is -2.16. The van der Waals surface area contributed by atoms with Crippen molar-refractivity contribution in [2.24, 2.45) is 7.05 Å². The molecular formula is C15H20N8. The molecule has 4 rings (SSSR count). The molecule has 1 fully saturated rings. The molecule has 8 nitrogen and oxygen atoms in total. The van der Waals surface area contributed by atoms with Gasteiger partial charge in [-0.25, -0.2) is 9.50 Å². The molecule has 0 bridgehead atoms. The first-order valence-electron chi connectivity index (χ1n) is 7.83. The van der Waals surface area contributed by atoms with Crippen molar-refractivity contribution in [3.8, 4) is 0 Å². The van der Waals surface area contributed by atoms with Crippen molar-refractivity contribution in [2.45, 2.75) is 25.9 Å². The zero-order chi connectivity index (χ0) is 15.8. The smallest absolute Gasteiger partial charge is 0.153 e. The first-order chi connectivity index (χ1) is 11.2. The number of anilines is 1. The Balaban J connectivity index is 1.40. The van der Waals surface area contributed by atoms with Crippen LogP contribution in [0.3, 0.4) is 0 Å². The van der Waals surface area contributed by atoms with Gasteiger partial charge in [-0.2, -0.15) is 0 Å². The van der Waals surface area contributed by atoms with Crippen LogP contribution in [-0.2, 0) is 13.6 Å². The van der Waals surface area contributed by atoms with E-state index in [-0.39, 0.29) is 0 Å². The van der Waals surface area contributed by atoms with Crippen LogP contribution in [0.1, 0.15) is 17.8 Å². The number of hydrogen-bond acceptors (Lipinski definition) is 6. The standard InChI is InChI=1S/C15H20N8/c1-11-8-23-15(17-11)4-3-14(19-23)18-12-5-6-22(9-12)10-13-7-16-20-21(13)2/h3-4,7-8,12H,5-6,9-10H2,1-2H3,(H,18,19). The molecule has 3 aromatic rings. The van der Waals surface area contributed by atoms with Crippen LogP contribution in [0, 0.1) is 6.92 Å². The molecule has 1 saturated heterocycles. The van der Waals surface area contributed by atoms with Gasteiger partial charge in [0.05, 0.1) is 23.8 Å². The summed E-state index contributed by atoms with van der Waals surface area (Å²) in [6, 6.07) is 4.40. The van der Waals surface area contributed by atoms with Crippen LogP contribution in [0.4, 0.5) is 5.82 Å². The van der Waals surface area contributed by atoms with E-state index in [2.05, 4.69) is 30.6 Å². The van der Waals surface area contributed by atoms with E-state index < -0.39 is 0 Å². The number of aromatic nitrogens is 6. The van der Waals surface area contributed by atoms with Crippen molar-refractivity contribution < 1.29 is 0 Å². The average molecular weight is 312 g/mol. The van der Waals surface area contributed by atoms with Gasteiger partial charge in [0, 0.05) is 32.7 Å². The van der Waals surface area contributed by atoms with Crippen LogP contribution < -0.4 is 5.32 Å². The second-order valence-electron chi connectivity index (χ2n) is 6.12. The summed E-state index contributed by atoms with van der Waals surface area (Å²) in [7, 11) is 1.93. The molecular weight excluding hydrogens is 292 g/mol. The van der Waals surface area contributed by atoms with Crippen molar-refractivity contribution >= 4 is 11.5 Å². The zero-order valence-corrected chi connectivity index (χ0v) is 13.3. The van der Waals surface area contributed by atoms with Crippen molar-refractivity contribution in [1.29, 1.82) is 0 Å². The average Bonchev–Trinajstić information content (AvgIpc) is 3.21. The first kappa shape index (κ1) is 14.1. The molecule has 1 N–H and O–H groups in total.